The summed E-state index contributed by atoms with van der Waals surface area (Å²) in [4.78, 5) is 20.4. The van der Waals surface area contributed by atoms with Gasteiger partial charge in [-0.3, -0.25) is 0 Å². The first-order valence-corrected chi connectivity index (χ1v) is 13.6. The highest BCUT2D eigenvalue weighted by molar-refractivity contribution is 5.93. The smallest absolute Gasteiger partial charge is 0.344 e. The van der Waals surface area contributed by atoms with Crippen LogP contribution in [-0.4, -0.2) is 40.6 Å². The second kappa shape index (κ2) is 11.0. The van der Waals surface area contributed by atoms with Crippen LogP contribution in [0.4, 0.5) is 0 Å². The average molecular weight is 532 g/mol. The molecular formula is C34H33N3O3. The SMILES string of the molecule is Cc1cc(C(=O)OCc2ccccc2)c(OCc2ccccc2)nc1-c1ccc2c(c1)cc1n2CC(N(C)C)C1. The minimum Gasteiger partial charge on any atom is -0.472 e. The van der Waals surface area contributed by atoms with E-state index in [0.29, 0.717) is 18.2 Å². The molecule has 1 atom stereocenters. The molecule has 0 saturated carbocycles. The van der Waals surface area contributed by atoms with E-state index in [-0.39, 0.29) is 12.5 Å². The van der Waals surface area contributed by atoms with Crippen molar-refractivity contribution < 1.29 is 14.3 Å². The molecule has 1 aliphatic heterocycles. The number of benzene rings is 3. The first-order chi connectivity index (χ1) is 19.5. The van der Waals surface area contributed by atoms with E-state index in [1.54, 1.807) is 0 Å². The molecule has 2 aromatic heterocycles. The summed E-state index contributed by atoms with van der Waals surface area (Å²) in [5, 5.41) is 1.20. The number of hydrogen-bond acceptors (Lipinski definition) is 5. The first-order valence-electron chi connectivity index (χ1n) is 13.6. The Hall–Kier alpha value is -4.42. The molecule has 6 rings (SSSR count). The maximum Gasteiger partial charge on any atom is 0.344 e. The van der Waals surface area contributed by atoms with Crippen molar-refractivity contribution in [1.29, 1.82) is 0 Å². The van der Waals surface area contributed by atoms with Gasteiger partial charge in [-0.2, -0.15) is 0 Å². The summed E-state index contributed by atoms with van der Waals surface area (Å²) in [7, 11) is 4.29. The van der Waals surface area contributed by atoms with Gasteiger partial charge in [0.2, 0.25) is 5.88 Å². The number of ether oxygens (including phenoxy) is 2. The van der Waals surface area contributed by atoms with Crippen molar-refractivity contribution >= 4 is 16.9 Å². The van der Waals surface area contributed by atoms with Gasteiger partial charge in [0, 0.05) is 41.2 Å². The topological polar surface area (TPSA) is 56.6 Å². The molecule has 202 valence electrons. The fourth-order valence-corrected chi connectivity index (χ4v) is 5.39. The van der Waals surface area contributed by atoms with Crippen LogP contribution in [0.5, 0.6) is 5.88 Å². The van der Waals surface area contributed by atoms with Crippen molar-refractivity contribution in [3.63, 3.8) is 0 Å². The zero-order valence-electron chi connectivity index (χ0n) is 23.1. The molecule has 1 unspecified atom stereocenters. The quantitative estimate of drug-likeness (QED) is 0.216. The summed E-state index contributed by atoms with van der Waals surface area (Å²) in [5.74, 6) is -0.181. The zero-order chi connectivity index (χ0) is 27.6. The second-order valence-electron chi connectivity index (χ2n) is 10.7. The fraction of sp³-hybridized carbons (Fsp3) is 0.235. The minimum atomic E-state index is -0.455. The molecule has 0 bridgehead atoms. The van der Waals surface area contributed by atoms with Crippen LogP contribution in [0.2, 0.25) is 0 Å². The lowest BCUT2D eigenvalue weighted by atomic mass is 10.0. The Kier molecular flexibility index (Phi) is 7.10. The number of nitrogens with zero attached hydrogens (tertiary/aromatic N) is 3. The van der Waals surface area contributed by atoms with Gasteiger partial charge in [-0.15, -0.1) is 0 Å². The van der Waals surface area contributed by atoms with Crippen molar-refractivity contribution in [2.75, 3.05) is 14.1 Å². The molecule has 0 radical (unpaired) electrons. The molecular weight excluding hydrogens is 498 g/mol. The van der Waals surface area contributed by atoms with E-state index in [2.05, 4.69) is 47.8 Å². The number of aromatic nitrogens is 2. The van der Waals surface area contributed by atoms with E-state index >= 15 is 0 Å². The van der Waals surface area contributed by atoms with Crippen LogP contribution < -0.4 is 4.74 Å². The molecule has 5 aromatic rings. The standard InChI is InChI=1S/C34H33N3O3/c1-23-16-30(34(38)40-22-25-12-8-5-9-13-25)33(39-21-24-10-6-4-7-11-24)35-32(23)26-14-15-31-27(17-26)18-28-19-29(36(2)3)20-37(28)31/h4-18,29H,19-22H2,1-3H3. The average Bonchev–Trinajstić information content (AvgIpc) is 3.54. The van der Waals surface area contributed by atoms with Crippen molar-refractivity contribution in [3.05, 3.63) is 119 Å². The van der Waals surface area contributed by atoms with Gasteiger partial charge in [0.15, 0.2) is 0 Å². The number of carbonyl (C=O) groups excluding carboxylic acids is 1. The number of carbonyl (C=O) groups is 1. The molecule has 6 nitrogen and oxygen atoms in total. The zero-order valence-corrected chi connectivity index (χ0v) is 23.1. The summed E-state index contributed by atoms with van der Waals surface area (Å²) in [6, 6.07) is 30.7. The van der Waals surface area contributed by atoms with Crippen LogP contribution >= 0.6 is 0 Å². The molecule has 3 heterocycles. The normalized spacial score (nSPS) is 14.4. The molecule has 0 aliphatic carbocycles. The van der Waals surface area contributed by atoms with Gasteiger partial charge < -0.3 is 18.9 Å². The number of aryl methyl sites for hydroxylation is 1. The summed E-state index contributed by atoms with van der Waals surface area (Å²) in [6.07, 6.45) is 1.05. The monoisotopic (exact) mass is 531 g/mol. The molecule has 0 N–H and O–H groups in total. The lowest BCUT2D eigenvalue weighted by Crippen LogP contribution is -2.28. The summed E-state index contributed by atoms with van der Waals surface area (Å²) >= 11 is 0. The van der Waals surface area contributed by atoms with E-state index < -0.39 is 5.97 Å². The molecule has 0 amide bonds. The maximum atomic E-state index is 13.2. The van der Waals surface area contributed by atoms with E-state index in [1.807, 2.05) is 73.7 Å². The molecule has 0 spiro atoms. The Balaban J connectivity index is 1.32. The molecule has 3 aromatic carbocycles. The Morgan fingerprint density at radius 1 is 0.925 bits per heavy atom. The van der Waals surface area contributed by atoms with E-state index in [0.717, 1.165) is 40.9 Å². The lowest BCUT2D eigenvalue weighted by Gasteiger charge is -2.18. The largest absolute Gasteiger partial charge is 0.472 e. The number of fused-ring (bicyclic) bond motifs is 3. The number of rotatable bonds is 8. The summed E-state index contributed by atoms with van der Waals surface area (Å²) in [6.45, 7) is 3.46. The fourth-order valence-electron chi connectivity index (χ4n) is 5.39. The van der Waals surface area contributed by atoms with E-state index in [1.165, 1.54) is 16.6 Å². The molecule has 0 fully saturated rings. The second-order valence-corrected chi connectivity index (χ2v) is 10.7. The van der Waals surface area contributed by atoms with Crippen molar-refractivity contribution in [2.45, 2.75) is 39.1 Å². The number of likely N-dealkylation sites (N-methyl/N-ethyl adjacent to an activating group) is 1. The van der Waals surface area contributed by atoms with Gasteiger partial charge in [-0.1, -0.05) is 66.7 Å². The van der Waals surface area contributed by atoms with Gasteiger partial charge in [0.1, 0.15) is 18.8 Å². The van der Waals surface area contributed by atoms with Crippen LogP contribution in [0.25, 0.3) is 22.2 Å². The van der Waals surface area contributed by atoms with Gasteiger partial charge in [-0.05, 0) is 62.0 Å². The first kappa shape index (κ1) is 25.8. The minimum absolute atomic E-state index is 0.184. The van der Waals surface area contributed by atoms with Crippen molar-refractivity contribution in [1.82, 2.24) is 14.5 Å². The highest BCUT2D eigenvalue weighted by Gasteiger charge is 2.25. The predicted molar refractivity (Wildman–Crippen MR) is 157 cm³/mol. The number of pyridine rings is 1. The molecule has 0 saturated heterocycles. The molecule has 1 aliphatic rings. The van der Waals surface area contributed by atoms with Crippen LogP contribution in [0.15, 0.2) is 91.0 Å². The molecule has 6 heteroatoms. The highest BCUT2D eigenvalue weighted by atomic mass is 16.5. The highest BCUT2D eigenvalue weighted by Crippen LogP contribution is 2.33. The number of hydrogen-bond donors (Lipinski definition) is 0. The van der Waals surface area contributed by atoms with Gasteiger partial charge in [0.25, 0.3) is 0 Å². The third-order valence-electron chi connectivity index (χ3n) is 7.66. The Morgan fingerprint density at radius 3 is 2.33 bits per heavy atom. The maximum absolute atomic E-state index is 13.2. The van der Waals surface area contributed by atoms with Gasteiger partial charge >= 0.3 is 5.97 Å². The number of esters is 1. The lowest BCUT2D eigenvalue weighted by molar-refractivity contribution is 0.0466. The Bertz CT molecular complexity index is 1660. The Labute approximate surface area is 234 Å². The van der Waals surface area contributed by atoms with Crippen molar-refractivity contribution in [3.8, 4) is 17.1 Å². The van der Waals surface area contributed by atoms with Crippen molar-refractivity contribution in [2.24, 2.45) is 0 Å². The van der Waals surface area contributed by atoms with Crippen LogP contribution in [-0.2, 0) is 30.9 Å². The van der Waals surface area contributed by atoms with Crippen LogP contribution in [0, 0.1) is 6.92 Å². The predicted octanol–water partition coefficient (Wildman–Crippen LogP) is 6.43. The van der Waals surface area contributed by atoms with Gasteiger partial charge in [-0.25, -0.2) is 9.78 Å². The molecule has 40 heavy (non-hydrogen) atoms. The summed E-state index contributed by atoms with van der Waals surface area (Å²) in [5.41, 5.74) is 7.52. The third-order valence-corrected chi connectivity index (χ3v) is 7.66. The van der Waals surface area contributed by atoms with Gasteiger partial charge in [0.05, 0.1) is 5.69 Å². The van der Waals surface area contributed by atoms with E-state index in [4.69, 9.17) is 14.5 Å². The third kappa shape index (κ3) is 5.23. The van der Waals surface area contributed by atoms with E-state index in [9.17, 15) is 4.79 Å². The van der Waals surface area contributed by atoms with Crippen LogP contribution in [0.1, 0.15) is 32.7 Å². The summed E-state index contributed by atoms with van der Waals surface area (Å²) < 4.78 is 14.2. The van der Waals surface area contributed by atoms with Crippen LogP contribution in [0.3, 0.4) is 0 Å². The Morgan fingerprint density at radius 2 is 1.62 bits per heavy atom.